The summed E-state index contributed by atoms with van der Waals surface area (Å²) >= 11 is 1.69. The van der Waals surface area contributed by atoms with E-state index in [0.717, 1.165) is 28.1 Å². The molecule has 0 aliphatic carbocycles. The van der Waals surface area contributed by atoms with Gasteiger partial charge in [0.15, 0.2) is 0 Å². The number of aromatic nitrogens is 1. The van der Waals surface area contributed by atoms with Crippen molar-refractivity contribution in [1.29, 1.82) is 0 Å². The summed E-state index contributed by atoms with van der Waals surface area (Å²) in [6.45, 7) is 1.32. The van der Waals surface area contributed by atoms with E-state index in [1.807, 2.05) is 23.1 Å². The molecule has 1 fully saturated rings. The molecule has 0 spiro atoms. The van der Waals surface area contributed by atoms with Crippen molar-refractivity contribution >= 4 is 39.2 Å². The number of nitro benzene ring substituents is 1. The quantitative estimate of drug-likeness (QED) is 0.368. The van der Waals surface area contributed by atoms with Gasteiger partial charge in [0.2, 0.25) is 5.91 Å². The van der Waals surface area contributed by atoms with Crippen molar-refractivity contribution in [1.82, 2.24) is 9.88 Å². The molecule has 1 aliphatic rings. The van der Waals surface area contributed by atoms with Gasteiger partial charge < -0.3 is 4.90 Å². The standard InChI is InChI=1S/C21H19N3O3S/c25-20(12-11-15-6-1-3-9-18(15)24(26)27)23-13-5-7-16(14-23)21-22-17-8-2-4-10-19(17)28-21/h1-4,6,8-12,16H,5,7,13-14H2/b12-11+/t16-/m0/s1. The number of carbonyl (C=O) groups excluding carboxylic acids is 1. The number of benzene rings is 2. The SMILES string of the molecule is O=C(/C=C/c1ccccc1[N+](=O)[O-])N1CCC[C@H](c2nc3ccccc3s2)C1. The van der Waals surface area contributed by atoms with Crippen LogP contribution in [0.15, 0.2) is 54.6 Å². The predicted octanol–water partition coefficient (Wildman–Crippen LogP) is 4.62. The van der Waals surface area contributed by atoms with Gasteiger partial charge in [-0.05, 0) is 37.1 Å². The van der Waals surface area contributed by atoms with Crippen molar-refractivity contribution < 1.29 is 9.72 Å². The number of thiazole rings is 1. The number of carbonyl (C=O) groups is 1. The molecule has 0 unspecified atom stereocenters. The molecule has 2 aromatic carbocycles. The molecule has 0 N–H and O–H groups in total. The number of hydrogen-bond acceptors (Lipinski definition) is 5. The van der Waals surface area contributed by atoms with Gasteiger partial charge in [0.25, 0.3) is 5.69 Å². The number of likely N-dealkylation sites (tertiary alicyclic amines) is 1. The number of amides is 1. The second-order valence-electron chi connectivity index (χ2n) is 6.79. The Bertz CT molecular complexity index is 1030. The van der Waals surface area contributed by atoms with Crippen LogP contribution in [-0.2, 0) is 4.79 Å². The molecule has 28 heavy (non-hydrogen) atoms. The Morgan fingerprint density at radius 3 is 2.82 bits per heavy atom. The molecule has 3 aromatic rings. The van der Waals surface area contributed by atoms with E-state index in [1.165, 1.54) is 18.2 Å². The van der Waals surface area contributed by atoms with E-state index in [-0.39, 0.29) is 17.5 Å². The van der Waals surface area contributed by atoms with E-state index in [4.69, 9.17) is 4.98 Å². The largest absolute Gasteiger partial charge is 0.338 e. The van der Waals surface area contributed by atoms with Crippen LogP contribution in [0.2, 0.25) is 0 Å². The molecule has 2 heterocycles. The summed E-state index contributed by atoms with van der Waals surface area (Å²) in [5, 5.41) is 12.2. The molecule has 0 radical (unpaired) electrons. The molecule has 142 valence electrons. The van der Waals surface area contributed by atoms with Gasteiger partial charge >= 0.3 is 0 Å². The van der Waals surface area contributed by atoms with E-state index in [1.54, 1.807) is 29.5 Å². The third kappa shape index (κ3) is 3.80. The number of piperidine rings is 1. The zero-order chi connectivity index (χ0) is 19.5. The number of nitrogens with zero attached hydrogens (tertiary/aromatic N) is 3. The van der Waals surface area contributed by atoms with Gasteiger partial charge in [-0.2, -0.15) is 0 Å². The average molecular weight is 393 g/mol. The number of nitro groups is 1. The lowest BCUT2D eigenvalue weighted by Crippen LogP contribution is -2.38. The third-order valence-corrected chi connectivity index (χ3v) is 6.13. The van der Waals surface area contributed by atoms with Crippen LogP contribution in [0, 0.1) is 10.1 Å². The van der Waals surface area contributed by atoms with Crippen molar-refractivity contribution in [3.63, 3.8) is 0 Å². The first-order valence-electron chi connectivity index (χ1n) is 9.17. The Morgan fingerprint density at radius 2 is 2.00 bits per heavy atom. The van der Waals surface area contributed by atoms with Gasteiger partial charge in [-0.25, -0.2) is 4.98 Å². The molecule has 0 bridgehead atoms. The Hall–Kier alpha value is -3.06. The smallest absolute Gasteiger partial charge is 0.276 e. The van der Waals surface area contributed by atoms with E-state index in [0.29, 0.717) is 18.7 Å². The minimum atomic E-state index is -0.436. The highest BCUT2D eigenvalue weighted by Crippen LogP contribution is 2.33. The van der Waals surface area contributed by atoms with Crippen LogP contribution in [0.25, 0.3) is 16.3 Å². The summed E-state index contributed by atoms with van der Waals surface area (Å²) in [6, 6.07) is 14.5. The topological polar surface area (TPSA) is 76.3 Å². The number of rotatable bonds is 4. The minimum absolute atomic E-state index is 0.00227. The lowest BCUT2D eigenvalue weighted by atomic mass is 9.98. The monoisotopic (exact) mass is 393 g/mol. The maximum absolute atomic E-state index is 12.7. The summed E-state index contributed by atoms with van der Waals surface area (Å²) in [6.07, 6.45) is 4.90. The second-order valence-corrected chi connectivity index (χ2v) is 7.85. The van der Waals surface area contributed by atoms with E-state index in [9.17, 15) is 14.9 Å². The first kappa shape index (κ1) is 18.3. The lowest BCUT2D eigenvalue weighted by Gasteiger charge is -2.31. The lowest BCUT2D eigenvalue weighted by molar-refractivity contribution is -0.385. The Kier molecular flexibility index (Phi) is 5.16. The zero-order valence-corrected chi connectivity index (χ0v) is 16.0. The maximum Gasteiger partial charge on any atom is 0.276 e. The molecular weight excluding hydrogens is 374 g/mol. The fourth-order valence-electron chi connectivity index (χ4n) is 3.50. The first-order chi connectivity index (χ1) is 13.6. The molecule has 1 amide bonds. The molecule has 0 saturated carbocycles. The van der Waals surface area contributed by atoms with Crippen LogP contribution in [0.4, 0.5) is 5.69 Å². The predicted molar refractivity (Wildman–Crippen MR) is 110 cm³/mol. The Balaban J connectivity index is 1.48. The number of hydrogen-bond donors (Lipinski definition) is 0. The van der Waals surface area contributed by atoms with E-state index >= 15 is 0 Å². The van der Waals surface area contributed by atoms with Crippen LogP contribution < -0.4 is 0 Å². The van der Waals surface area contributed by atoms with Gasteiger partial charge in [0.05, 0.1) is 25.7 Å². The molecular formula is C21H19N3O3S. The van der Waals surface area contributed by atoms with Gasteiger partial charge in [0, 0.05) is 31.1 Å². The molecule has 1 saturated heterocycles. The fourth-order valence-corrected chi connectivity index (χ4v) is 4.60. The first-order valence-corrected chi connectivity index (χ1v) is 9.99. The molecule has 7 heteroatoms. The highest BCUT2D eigenvalue weighted by Gasteiger charge is 2.26. The average Bonchev–Trinajstić information content (AvgIpc) is 3.16. The van der Waals surface area contributed by atoms with Crippen molar-refractivity contribution in [2.45, 2.75) is 18.8 Å². The van der Waals surface area contributed by atoms with Crippen LogP contribution >= 0.6 is 11.3 Å². The third-order valence-electron chi connectivity index (χ3n) is 4.93. The maximum atomic E-state index is 12.7. The highest BCUT2D eigenvalue weighted by atomic mass is 32.1. The van der Waals surface area contributed by atoms with Crippen molar-refractivity contribution in [3.8, 4) is 0 Å². The Labute approximate surface area is 166 Å². The number of fused-ring (bicyclic) bond motifs is 1. The van der Waals surface area contributed by atoms with Gasteiger partial charge in [-0.3, -0.25) is 14.9 Å². The summed E-state index contributed by atoms with van der Waals surface area (Å²) in [7, 11) is 0. The molecule has 4 rings (SSSR count). The van der Waals surface area contributed by atoms with Crippen LogP contribution in [-0.4, -0.2) is 33.8 Å². The van der Waals surface area contributed by atoms with E-state index in [2.05, 4.69) is 6.07 Å². The zero-order valence-electron chi connectivity index (χ0n) is 15.2. The van der Waals surface area contributed by atoms with E-state index < -0.39 is 4.92 Å². The molecule has 6 nitrogen and oxygen atoms in total. The van der Waals surface area contributed by atoms with Gasteiger partial charge in [-0.1, -0.05) is 24.3 Å². The van der Waals surface area contributed by atoms with Gasteiger partial charge in [0.1, 0.15) is 0 Å². The second kappa shape index (κ2) is 7.90. The fraction of sp³-hybridized carbons (Fsp3) is 0.238. The highest BCUT2D eigenvalue weighted by molar-refractivity contribution is 7.18. The molecule has 1 atom stereocenters. The summed E-state index contributed by atoms with van der Waals surface area (Å²) < 4.78 is 1.16. The van der Waals surface area contributed by atoms with Crippen LogP contribution in [0.3, 0.4) is 0 Å². The van der Waals surface area contributed by atoms with Crippen molar-refractivity contribution in [2.24, 2.45) is 0 Å². The summed E-state index contributed by atoms with van der Waals surface area (Å²) in [5.74, 6) is 0.110. The van der Waals surface area contributed by atoms with Crippen LogP contribution in [0.5, 0.6) is 0 Å². The van der Waals surface area contributed by atoms with Crippen molar-refractivity contribution in [2.75, 3.05) is 13.1 Å². The van der Waals surface area contributed by atoms with Gasteiger partial charge in [-0.15, -0.1) is 11.3 Å². The number of para-hydroxylation sites is 2. The normalized spacial score (nSPS) is 17.3. The van der Waals surface area contributed by atoms with Crippen LogP contribution in [0.1, 0.15) is 29.3 Å². The molecule has 1 aromatic heterocycles. The Morgan fingerprint density at radius 1 is 1.21 bits per heavy atom. The summed E-state index contributed by atoms with van der Waals surface area (Å²) in [4.78, 5) is 29.9. The van der Waals surface area contributed by atoms with Crippen molar-refractivity contribution in [3.05, 3.63) is 75.3 Å². The molecule has 1 aliphatic heterocycles. The minimum Gasteiger partial charge on any atom is -0.338 e. The summed E-state index contributed by atoms with van der Waals surface area (Å²) in [5.41, 5.74) is 1.43.